The van der Waals surface area contributed by atoms with Gasteiger partial charge in [0.05, 0.1) is 20.1 Å². The Kier molecular flexibility index (Phi) is 3.44. The third-order valence-corrected chi connectivity index (χ3v) is 5.44. The minimum atomic E-state index is -0.174. The van der Waals surface area contributed by atoms with E-state index >= 15 is 0 Å². The Morgan fingerprint density at radius 2 is 2.14 bits per heavy atom. The fourth-order valence-electron chi connectivity index (χ4n) is 4.15. The molecule has 0 radical (unpaired) electrons. The van der Waals surface area contributed by atoms with E-state index in [1.54, 1.807) is 7.11 Å². The maximum absolute atomic E-state index is 12.4. The summed E-state index contributed by atoms with van der Waals surface area (Å²) in [5.74, 6) is 0.652. The number of likely N-dealkylation sites (N-methyl/N-ethyl adjacent to an activating group) is 1. The molecule has 0 spiro atoms. The van der Waals surface area contributed by atoms with Gasteiger partial charge >= 0.3 is 5.97 Å². The van der Waals surface area contributed by atoms with Gasteiger partial charge in [-0.3, -0.25) is 4.79 Å². The van der Waals surface area contributed by atoms with Gasteiger partial charge in [0.1, 0.15) is 5.75 Å². The van der Waals surface area contributed by atoms with Crippen molar-refractivity contribution < 1.29 is 14.3 Å². The molecule has 1 aromatic carbocycles. The third-order valence-electron chi connectivity index (χ3n) is 5.44. The molecule has 1 heterocycles. The first-order valence-corrected chi connectivity index (χ1v) is 7.46. The van der Waals surface area contributed by atoms with Crippen molar-refractivity contribution in [1.82, 2.24) is 4.90 Å². The van der Waals surface area contributed by atoms with Crippen LogP contribution < -0.4 is 4.74 Å². The Balaban J connectivity index is 2.15. The Morgan fingerprint density at radius 1 is 1.38 bits per heavy atom. The molecule has 1 aliphatic heterocycles. The van der Waals surface area contributed by atoms with Gasteiger partial charge in [-0.05, 0) is 49.7 Å². The number of fused-ring (bicyclic) bond motifs is 4. The molecule has 2 bridgehead atoms. The van der Waals surface area contributed by atoms with Crippen LogP contribution in [-0.4, -0.2) is 44.7 Å². The second-order valence-electron chi connectivity index (χ2n) is 6.44. The van der Waals surface area contributed by atoms with Crippen molar-refractivity contribution in [1.29, 1.82) is 0 Å². The fraction of sp³-hybridized carbons (Fsp3) is 0.588. The van der Waals surface area contributed by atoms with Crippen LogP contribution in [0.2, 0.25) is 0 Å². The first-order valence-electron chi connectivity index (χ1n) is 7.46. The van der Waals surface area contributed by atoms with Gasteiger partial charge in [-0.15, -0.1) is 0 Å². The highest BCUT2D eigenvalue weighted by atomic mass is 16.5. The molecule has 3 rings (SSSR count). The lowest BCUT2D eigenvalue weighted by atomic mass is 9.58. The van der Waals surface area contributed by atoms with E-state index in [4.69, 9.17) is 9.47 Å². The van der Waals surface area contributed by atoms with Crippen molar-refractivity contribution >= 4 is 5.97 Å². The predicted octanol–water partition coefficient (Wildman–Crippen LogP) is 2.00. The van der Waals surface area contributed by atoms with Crippen LogP contribution in [0.3, 0.4) is 0 Å². The average molecular weight is 289 g/mol. The lowest BCUT2D eigenvalue weighted by Gasteiger charge is -2.53. The van der Waals surface area contributed by atoms with Gasteiger partial charge in [0.15, 0.2) is 0 Å². The minimum Gasteiger partial charge on any atom is -0.497 e. The van der Waals surface area contributed by atoms with Crippen LogP contribution in [-0.2, 0) is 21.4 Å². The second kappa shape index (κ2) is 5.02. The van der Waals surface area contributed by atoms with E-state index in [0.29, 0.717) is 0 Å². The van der Waals surface area contributed by atoms with Crippen molar-refractivity contribution in [2.45, 2.75) is 31.2 Å². The van der Waals surface area contributed by atoms with Gasteiger partial charge in [0.25, 0.3) is 0 Å². The van der Waals surface area contributed by atoms with Crippen molar-refractivity contribution in [3.63, 3.8) is 0 Å². The number of ether oxygens (including phenoxy) is 2. The van der Waals surface area contributed by atoms with Crippen LogP contribution in [0.5, 0.6) is 5.75 Å². The minimum absolute atomic E-state index is 0.0949. The lowest BCUT2D eigenvalue weighted by molar-refractivity contribution is -0.154. The molecule has 1 aliphatic carbocycles. The van der Waals surface area contributed by atoms with Gasteiger partial charge in [0, 0.05) is 11.5 Å². The molecule has 114 valence electrons. The third kappa shape index (κ3) is 2.04. The molecule has 1 unspecified atom stereocenters. The van der Waals surface area contributed by atoms with Crippen LogP contribution in [0.15, 0.2) is 18.2 Å². The van der Waals surface area contributed by atoms with E-state index in [-0.39, 0.29) is 23.3 Å². The first kappa shape index (κ1) is 14.4. The quantitative estimate of drug-likeness (QED) is 0.781. The van der Waals surface area contributed by atoms with E-state index < -0.39 is 0 Å². The van der Waals surface area contributed by atoms with Gasteiger partial charge in [-0.2, -0.15) is 0 Å². The molecule has 21 heavy (non-hydrogen) atoms. The molecule has 1 aromatic rings. The molecular weight excluding hydrogens is 266 g/mol. The summed E-state index contributed by atoms with van der Waals surface area (Å²) in [5, 5.41) is 0. The van der Waals surface area contributed by atoms with E-state index in [1.807, 2.05) is 6.07 Å². The zero-order valence-electron chi connectivity index (χ0n) is 13.2. The molecule has 1 fully saturated rings. The van der Waals surface area contributed by atoms with E-state index in [0.717, 1.165) is 25.1 Å². The normalized spacial score (nSPS) is 31.4. The molecule has 2 aliphatic rings. The average Bonchev–Trinajstić information content (AvgIpc) is 2.50. The van der Waals surface area contributed by atoms with E-state index in [2.05, 4.69) is 31.0 Å². The second-order valence-corrected chi connectivity index (χ2v) is 6.44. The number of carbonyl (C=O) groups is 1. The molecule has 0 aromatic heterocycles. The van der Waals surface area contributed by atoms with Gasteiger partial charge in [-0.1, -0.05) is 13.0 Å². The molecule has 0 N–H and O–H groups in total. The van der Waals surface area contributed by atoms with Crippen molar-refractivity contribution in [2.24, 2.45) is 5.92 Å². The highest BCUT2D eigenvalue weighted by Crippen LogP contribution is 2.49. The van der Waals surface area contributed by atoms with Crippen LogP contribution in [0.1, 0.15) is 24.5 Å². The number of carbonyl (C=O) groups excluding carboxylic acids is 1. The highest BCUT2D eigenvalue weighted by molar-refractivity contribution is 5.77. The van der Waals surface area contributed by atoms with Crippen molar-refractivity contribution in [3.05, 3.63) is 29.3 Å². The van der Waals surface area contributed by atoms with Crippen LogP contribution in [0, 0.1) is 5.92 Å². The van der Waals surface area contributed by atoms with E-state index in [1.165, 1.54) is 18.2 Å². The lowest BCUT2D eigenvalue weighted by Crippen LogP contribution is -2.60. The monoisotopic (exact) mass is 289 g/mol. The maximum atomic E-state index is 12.4. The largest absolute Gasteiger partial charge is 0.497 e. The van der Waals surface area contributed by atoms with Gasteiger partial charge in [0.2, 0.25) is 0 Å². The maximum Gasteiger partial charge on any atom is 0.311 e. The summed E-state index contributed by atoms with van der Waals surface area (Å²) in [6, 6.07) is 6.48. The van der Waals surface area contributed by atoms with Gasteiger partial charge in [-0.25, -0.2) is 0 Å². The number of rotatable bonds is 2. The Bertz CT molecular complexity index is 571. The van der Waals surface area contributed by atoms with Crippen molar-refractivity contribution in [2.75, 3.05) is 27.8 Å². The van der Waals surface area contributed by atoms with E-state index in [9.17, 15) is 4.79 Å². The summed E-state index contributed by atoms with van der Waals surface area (Å²) in [4.78, 5) is 14.7. The number of benzene rings is 1. The van der Waals surface area contributed by atoms with Crippen LogP contribution in [0.25, 0.3) is 0 Å². The number of esters is 1. The Hall–Kier alpha value is -1.55. The summed E-state index contributed by atoms with van der Waals surface area (Å²) in [6.07, 6.45) is 1.85. The summed E-state index contributed by atoms with van der Waals surface area (Å²) < 4.78 is 10.5. The summed E-state index contributed by atoms with van der Waals surface area (Å²) in [6.45, 7) is 3.21. The van der Waals surface area contributed by atoms with Crippen LogP contribution >= 0.6 is 0 Å². The first-order chi connectivity index (χ1) is 10.0. The molecule has 4 nitrogen and oxygen atoms in total. The summed E-state index contributed by atoms with van der Waals surface area (Å²) in [5.41, 5.74) is 2.41. The SMILES string of the molecule is COC(=O)[C@H]1C2Cc3ccc(OC)cc3[C@@]1(C)CCN2C. The Morgan fingerprint density at radius 3 is 2.81 bits per heavy atom. The van der Waals surface area contributed by atoms with Crippen LogP contribution in [0.4, 0.5) is 0 Å². The highest BCUT2D eigenvalue weighted by Gasteiger charge is 2.53. The molecular formula is C17H23NO3. The topological polar surface area (TPSA) is 38.8 Å². The molecule has 4 heteroatoms. The summed E-state index contributed by atoms with van der Waals surface area (Å²) in [7, 11) is 5.28. The van der Waals surface area contributed by atoms with Crippen molar-refractivity contribution in [3.8, 4) is 5.75 Å². The summed E-state index contributed by atoms with van der Waals surface area (Å²) >= 11 is 0. The standard InChI is InChI=1S/C17H23NO3/c1-17-7-8-18(2)14(15(17)16(19)21-4)9-11-5-6-12(20-3)10-13(11)17/h5-6,10,14-15H,7-9H2,1-4H3/t14?,15-,17-/m1/s1. The molecule has 0 amide bonds. The number of hydrogen-bond acceptors (Lipinski definition) is 4. The number of methoxy groups -OCH3 is 2. The fourth-order valence-corrected chi connectivity index (χ4v) is 4.15. The Labute approximate surface area is 126 Å². The number of likely N-dealkylation sites (tertiary alicyclic amines) is 1. The number of hydrogen-bond donors (Lipinski definition) is 0. The molecule has 1 saturated heterocycles. The predicted molar refractivity (Wildman–Crippen MR) is 80.6 cm³/mol. The molecule has 0 saturated carbocycles. The zero-order chi connectivity index (χ0) is 15.2. The van der Waals surface area contributed by atoms with Gasteiger partial charge < -0.3 is 14.4 Å². The molecule has 3 atom stereocenters. The number of nitrogens with zero attached hydrogens (tertiary/aromatic N) is 1. The zero-order valence-corrected chi connectivity index (χ0v) is 13.2. The number of piperidine rings is 1. The smallest absolute Gasteiger partial charge is 0.311 e.